The van der Waals surface area contributed by atoms with Gasteiger partial charge < -0.3 is 0 Å². The van der Waals surface area contributed by atoms with E-state index in [9.17, 15) is 0 Å². The Hall–Kier alpha value is -1.71. The maximum absolute atomic E-state index is 4.08. The molecule has 0 N–H and O–H groups in total. The van der Waals surface area contributed by atoms with Crippen molar-refractivity contribution in [3.05, 3.63) is 36.4 Å². The normalized spacial score (nSPS) is 10.1. The van der Waals surface area contributed by atoms with Crippen molar-refractivity contribution in [3.8, 4) is 5.69 Å². The van der Waals surface area contributed by atoms with Gasteiger partial charge in [0, 0.05) is 11.9 Å². The van der Waals surface area contributed by atoms with E-state index in [2.05, 4.69) is 15.2 Å². The Labute approximate surface area is 69.9 Å². The molecule has 0 fully saturated rings. The van der Waals surface area contributed by atoms with Crippen LogP contribution in [0.3, 0.4) is 0 Å². The molecule has 0 aliphatic rings. The van der Waals surface area contributed by atoms with Crippen molar-refractivity contribution in [2.75, 3.05) is 0 Å². The second-order valence-corrected chi connectivity index (χ2v) is 2.47. The minimum Gasteiger partial charge on any atom is -0.261 e. The molecule has 0 aromatic carbocycles. The lowest BCUT2D eigenvalue weighted by Gasteiger charge is -1.98. The fourth-order valence-electron chi connectivity index (χ4n) is 1.00. The van der Waals surface area contributed by atoms with Crippen LogP contribution in [-0.2, 0) is 0 Å². The summed E-state index contributed by atoms with van der Waals surface area (Å²) in [5, 5.41) is 8.01. The summed E-state index contributed by atoms with van der Waals surface area (Å²) in [6.07, 6.45) is 5.04. The Morgan fingerprint density at radius 3 is 2.58 bits per heavy atom. The summed E-state index contributed by atoms with van der Waals surface area (Å²) >= 11 is 0. The Kier molecular flexibility index (Phi) is 1.59. The smallest absolute Gasteiger partial charge is 0.0889 e. The third-order valence-corrected chi connectivity index (χ3v) is 1.53. The molecule has 0 atom stereocenters. The first-order valence-corrected chi connectivity index (χ1v) is 3.65. The van der Waals surface area contributed by atoms with Crippen molar-refractivity contribution < 1.29 is 0 Å². The number of aryl methyl sites for hydroxylation is 1. The summed E-state index contributed by atoms with van der Waals surface area (Å²) in [4.78, 5) is 5.64. The van der Waals surface area contributed by atoms with E-state index in [-0.39, 0.29) is 0 Å². The topological polar surface area (TPSA) is 43.6 Å². The molecule has 60 valence electrons. The van der Waals surface area contributed by atoms with Gasteiger partial charge in [-0.25, -0.2) is 0 Å². The van der Waals surface area contributed by atoms with Gasteiger partial charge in [-0.1, -0.05) is 0 Å². The summed E-state index contributed by atoms with van der Waals surface area (Å²) in [5.74, 6) is 0. The number of pyridine rings is 1. The van der Waals surface area contributed by atoms with E-state index in [0.29, 0.717) is 0 Å². The van der Waals surface area contributed by atoms with Crippen LogP contribution in [-0.4, -0.2) is 20.0 Å². The molecular weight excluding hydrogens is 152 g/mol. The summed E-state index contributed by atoms with van der Waals surface area (Å²) in [6, 6.07) is 3.80. The number of rotatable bonds is 1. The lowest BCUT2D eigenvalue weighted by Crippen LogP contribution is -1.98. The number of hydrogen-bond donors (Lipinski definition) is 0. The van der Waals surface area contributed by atoms with Crippen molar-refractivity contribution in [2.24, 2.45) is 0 Å². The third kappa shape index (κ3) is 1.18. The van der Waals surface area contributed by atoms with Gasteiger partial charge in [-0.2, -0.15) is 15.0 Å². The van der Waals surface area contributed by atoms with E-state index in [1.54, 1.807) is 23.4 Å². The zero-order chi connectivity index (χ0) is 8.39. The molecule has 0 aliphatic carbocycles. The second-order valence-electron chi connectivity index (χ2n) is 2.47. The summed E-state index contributed by atoms with van der Waals surface area (Å²) < 4.78 is 0. The Morgan fingerprint density at radius 2 is 1.92 bits per heavy atom. The molecule has 4 heteroatoms. The van der Waals surface area contributed by atoms with Gasteiger partial charge >= 0.3 is 0 Å². The zero-order valence-electron chi connectivity index (χ0n) is 6.68. The highest BCUT2D eigenvalue weighted by molar-refractivity contribution is 5.28. The van der Waals surface area contributed by atoms with Gasteiger partial charge in [-0.15, -0.1) is 0 Å². The first-order chi connectivity index (χ1) is 5.86. The standard InChI is InChI=1S/C8H8N4/c1-7-6-8(2-3-9-7)12-10-4-5-11-12/h2-6H,1H3. The first-order valence-electron chi connectivity index (χ1n) is 3.65. The molecule has 12 heavy (non-hydrogen) atoms. The quantitative estimate of drug-likeness (QED) is 0.624. The predicted molar refractivity (Wildman–Crippen MR) is 43.9 cm³/mol. The second kappa shape index (κ2) is 2.73. The first kappa shape index (κ1) is 6.97. The van der Waals surface area contributed by atoms with Crippen LogP contribution < -0.4 is 0 Å². The average Bonchev–Trinajstić information content (AvgIpc) is 2.56. The van der Waals surface area contributed by atoms with Gasteiger partial charge in [-0.05, 0) is 19.1 Å². The molecule has 0 saturated carbocycles. The van der Waals surface area contributed by atoms with E-state index >= 15 is 0 Å². The average molecular weight is 160 g/mol. The molecule has 2 rings (SSSR count). The van der Waals surface area contributed by atoms with Crippen molar-refractivity contribution in [2.45, 2.75) is 6.92 Å². The zero-order valence-corrected chi connectivity index (χ0v) is 6.68. The van der Waals surface area contributed by atoms with E-state index in [1.165, 1.54) is 0 Å². The fourth-order valence-corrected chi connectivity index (χ4v) is 1.00. The Morgan fingerprint density at radius 1 is 1.17 bits per heavy atom. The monoisotopic (exact) mass is 160 g/mol. The van der Waals surface area contributed by atoms with E-state index < -0.39 is 0 Å². The van der Waals surface area contributed by atoms with Crippen molar-refractivity contribution in [1.29, 1.82) is 0 Å². The molecular formula is C8H8N4. The van der Waals surface area contributed by atoms with Crippen LogP contribution in [0.15, 0.2) is 30.7 Å². The van der Waals surface area contributed by atoms with Gasteiger partial charge in [0.15, 0.2) is 0 Å². The highest BCUT2D eigenvalue weighted by atomic mass is 15.5. The van der Waals surface area contributed by atoms with E-state index in [0.717, 1.165) is 11.4 Å². The lowest BCUT2D eigenvalue weighted by atomic mass is 10.3. The molecule has 0 unspecified atom stereocenters. The minimum absolute atomic E-state index is 0.938. The molecule has 2 aromatic heterocycles. The van der Waals surface area contributed by atoms with E-state index in [4.69, 9.17) is 0 Å². The van der Waals surface area contributed by atoms with Crippen molar-refractivity contribution >= 4 is 0 Å². The summed E-state index contributed by atoms with van der Waals surface area (Å²) in [5.41, 5.74) is 1.90. The summed E-state index contributed by atoms with van der Waals surface area (Å²) in [7, 11) is 0. The Bertz CT molecular complexity index is 366. The molecule has 0 saturated heterocycles. The van der Waals surface area contributed by atoms with Crippen molar-refractivity contribution in [1.82, 2.24) is 20.0 Å². The molecule has 0 bridgehead atoms. The van der Waals surface area contributed by atoms with Crippen LogP contribution in [0.2, 0.25) is 0 Å². The predicted octanol–water partition coefficient (Wildman–Crippen LogP) is 0.971. The lowest BCUT2D eigenvalue weighted by molar-refractivity contribution is 0.749. The van der Waals surface area contributed by atoms with Crippen LogP contribution in [0.25, 0.3) is 5.69 Å². The molecule has 0 amide bonds. The molecule has 2 heterocycles. The number of nitrogens with zero attached hydrogens (tertiary/aromatic N) is 4. The van der Waals surface area contributed by atoms with Crippen LogP contribution in [0.5, 0.6) is 0 Å². The highest BCUT2D eigenvalue weighted by Gasteiger charge is 1.96. The van der Waals surface area contributed by atoms with Gasteiger partial charge in [0.1, 0.15) is 0 Å². The number of aromatic nitrogens is 4. The molecule has 0 aliphatic heterocycles. The fraction of sp³-hybridized carbons (Fsp3) is 0.125. The van der Waals surface area contributed by atoms with Gasteiger partial charge in [0.2, 0.25) is 0 Å². The molecule has 2 aromatic rings. The van der Waals surface area contributed by atoms with Gasteiger partial charge in [0.05, 0.1) is 18.1 Å². The number of hydrogen-bond acceptors (Lipinski definition) is 3. The maximum atomic E-state index is 4.08. The van der Waals surface area contributed by atoms with Crippen LogP contribution in [0.4, 0.5) is 0 Å². The third-order valence-electron chi connectivity index (χ3n) is 1.53. The summed E-state index contributed by atoms with van der Waals surface area (Å²) in [6.45, 7) is 1.94. The van der Waals surface area contributed by atoms with Crippen LogP contribution in [0.1, 0.15) is 5.69 Å². The van der Waals surface area contributed by atoms with Gasteiger partial charge in [-0.3, -0.25) is 4.98 Å². The molecule has 0 radical (unpaired) electrons. The SMILES string of the molecule is Cc1cc(-n2nccn2)ccn1. The van der Waals surface area contributed by atoms with Gasteiger partial charge in [0.25, 0.3) is 0 Å². The van der Waals surface area contributed by atoms with Crippen LogP contribution >= 0.6 is 0 Å². The minimum atomic E-state index is 0.938. The highest BCUT2D eigenvalue weighted by Crippen LogP contribution is 2.03. The molecule has 4 nitrogen and oxygen atoms in total. The molecule has 0 spiro atoms. The Balaban J connectivity index is 2.48. The van der Waals surface area contributed by atoms with Crippen molar-refractivity contribution in [3.63, 3.8) is 0 Å². The largest absolute Gasteiger partial charge is 0.261 e. The maximum Gasteiger partial charge on any atom is 0.0889 e. The van der Waals surface area contributed by atoms with Crippen LogP contribution in [0, 0.1) is 6.92 Å². The van der Waals surface area contributed by atoms with E-state index in [1.807, 2.05) is 19.1 Å².